The molecule has 2 aromatic heterocycles. The second-order valence-electron chi connectivity index (χ2n) is 7.32. The van der Waals surface area contributed by atoms with Crippen molar-refractivity contribution in [3.05, 3.63) is 63.4 Å². The molecule has 8 nitrogen and oxygen atoms in total. The molecule has 0 spiro atoms. The number of aliphatic hydroxyl groups excluding tert-OH is 5. The van der Waals surface area contributed by atoms with E-state index in [1.807, 2.05) is 6.07 Å². The molecule has 0 saturated carbocycles. The van der Waals surface area contributed by atoms with Gasteiger partial charge >= 0.3 is 0 Å². The highest BCUT2D eigenvalue weighted by Gasteiger charge is 2.44. The number of hydrogen-bond acceptors (Lipinski definition) is 9. The lowest BCUT2D eigenvalue weighted by Gasteiger charge is -2.40. The van der Waals surface area contributed by atoms with Crippen LogP contribution in [0.25, 0.3) is 10.6 Å². The molecule has 1 fully saturated rings. The van der Waals surface area contributed by atoms with Crippen molar-refractivity contribution in [1.29, 1.82) is 0 Å². The maximum atomic E-state index is 10.5. The zero-order valence-electron chi connectivity index (χ0n) is 16.3. The topological polar surface area (TPSA) is 136 Å². The second-order valence-corrected chi connectivity index (χ2v) is 8.84. The van der Waals surface area contributed by atoms with Crippen LogP contribution in [0.3, 0.4) is 0 Å². The Morgan fingerprint density at radius 1 is 1.06 bits per heavy atom. The monoisotopic (exact) mass is 467 g/mol. The molecular weight excluding hydrogens is 446 g/mol. The Kier molecular flexibility index (Phi) is 6.75. The average molecular weight is 468 g/mol. The molecule has 5 atom stereocenters. The fourth-order valence-corrected chi connectivity index (χ4v) is 4.82. The van der Waals surface area contributed by atoms with Gasteiger partial charge in [-0.15, -0.1) is 11.3 Å². The van der Waals surface area contributed by atoms with Gasteiger partial charge in [-0.3, -0.25) is 0 Å². The Balaban J connectivity index is 1.66. The summed E-state index contributed by atoms with van der Waals surface area (Å²) >= 11 is 7.89. The van der Waals surface area contributed by atoms with E-state index < -0.39 is 37.1 Å². The normalized spacial score (nSPS) is 26.3. The van der Waals surface area contributed by atoms with Gasteiger partial charge in [-0.25, -0.2) is 4.98 Å². The molecule has 1 saturated heterocycles. The highest BCUT2D eigenvalue weighted by Crippen LogP contribution is 2.37. The number of hydrogen-bond donors (Lipinski definition) is 5. The molecule has 4 rings (SSSR count). The fourth-order valence-electron chi connectivity index (χ4n) is 3.66. The van der Waals surface area contributed by atoms with Gasteiger partial charge in [0.05, 0.1) is 29.4 Å². The minimum absolute atomic E-state index is 0.371. The first kappa shape index (κ1) is 22.4. The second kappa shape index (κ2) is 9.35. The van der Waals surface area contributed by atoms with Crippen LogP contribution in [-0.4, -0.2) is 61.5 Å². The smallest absolute Gasteiger partial charge is 0.145 e. The first-order valence-corrected chi connectivity index (χ1v) is 10.8. The lowest BCUT2D eigenvalue weighted by Crippen LogP contribution is -2.55. The van der Waals surface area contributed by atoms with Gasteiger partial charge in [0.15, 0.2) is 0 Å². The van der Waals surface area contributed by atoms with Crippen LogP contribution < -0.4 is 0 Å². The minimum atomic E-state index is -1.52. The third kappa shape index (κ3) is 4.41. The summed E-state index contributed by atoms with van der Waals surface area (Å²) in [6.45, 7) is -0.907. The van der Waals surface area contributed by atoms with Crippen molar-refractivity contribution in [2.75, 3.05) is 6.61 Å². The number of rotatable bonds is 6. The zero-order chi connectivity index (χ0) is 22.1. The van der Waals surface area contributed by atoms with E-state index in [4.69, 9.17) is 20.8 Å². The third-order valence-electron chi connectivity index (χ3n) is 5.34. The largest absolute Gasteiger partial charge is 0.463 e. The quantitative estimate of drug-likeness (QED) is 0.369. The molecule has 0 radical (unpaired) electrons. The van der Waals surface area contributed by atoms with Crippen LogP contribution in [0.1, 0.15) is 27.8 Å². The number of nitrogens with zero attached hydrogens (tertiary/aromatic N) is 1. The maximum absolute atomic E-state index is 10.5. The van der Waals surface area contributed by atoms with E-state index >= 15 is 0 Å². The minimum Gasteiger partial charge on any atom is -0.463 e. The predicted octanol–water partition coefficient (Wildman–Crippen LogP) is 1.65. The van der Waals surface area contributed by atoms with Crippen molar-refractivity contribution in [2.45, 2.75) is 43.5 Å². The highest BCUT2D eigenvalue weighted by atomic mass is 35.5. The molecule has 3 aromatic rings. The third-order valence-corrected chi connectivity index (χ3v) is 6.70. The number of furan rings is 1. The Hall–Kier alpha value is -1.82. The van der Waals surface area contributed by atoms with Gasteiger partial charge in [-0.1, -0.05) is 17.7 Å². The summed E-state index contributed by atoms with van der Waals surface area (Å²) in [5.41, 5.74) is 1.52. The standard InChI is InChI=1S/C21H22ClNO7S/c22-13-5-11(8-24)12(21-20(28)19(27)18(26)15(9-25)30-21)4-10(13)6-17-23-7-16(31-17)14-2-1-3-29-14/h1-5,7,15,18-21,24-28H,6,8-9H2/t15-,18-,19+,20-,21+/m1/s1. The molecule has 166 valence electrons. The predicted molar refractivity (Wildman–Crippen MR) is 113 cm³/mol. The average Bonchev–Trinajstić information content (AvgIpc) is 3.46. The highest BCUT2D eigenvalue weighted by molar-refractivity contribution is 7.15. The van der Waals surface area contributed by atoms with E-state index in [0.29, 0.717) is 33.9 Å². The number of thiazole rings is 1. The van der Waals surface area contributed by atoms with E-state index in [-0.39, 0.29) is 6.61 Å². The van der Waals surface area contributed by atoms with Crippen LogP contribution in [0.5, 0.6) is 0 Å². The van der Waals surface area contributed by atoms with Crippen molar-refractivity contribution in [3.8, 4) is 10.6 Å². The van der Waals surface area contributed by atoms with Crippen molar-refractivity contribution >= 4 is 22.9 Å². The summed E-state index contributed by atoms with van der Waals surface area (Å²) in [5.74, 6) is 0.715. The zero-order valence-corrected chi connectivity index (χ0v) is 17.8. The van der Waals surface area contributed by atoms with E-state index in [2.05, 4.69) is 4.98 Å². The number of benzene rings is 1. The van der Waals surface area contributed by atoms with E-state index in [9.17, 15) is 25.5 Å². The SMILES string of the molecule is OCc1cc(Cl)c(Cc2ncc(-c3ccco3)s2)cc1[C@@H]1O[C@H](CO)[C@@H](O)[C@H](O)[C@H]1O. The van der Waals surface area contributed by atoms with Gasteiger partial charge in [0.25, 0.3) is 0 Å². The van der Waals surface area contributed by atoms with Crippen LogP contribution in [0.4, 0.5) is 0 Å². The van der Waals surface area contributed by atoms with Crippen molar-refractivity contribution in [1.82, 2.24) is 4.98 Å². The fraction of sp³-hybridized carbons (Fsp3) is 0.381. The lowest BCUT2D eigenvalue weighted by atomic mass is 9.88. The molecule has 1 aromatic carbocycles. The number of halogens is 1. The Labute approximate surface area is 187 Å². The summed E-state index contributed by atoms with van der Waals surface area (Å²) in [7, 11) is 0. The Bertz CT molecular complexity index is 1020. The Morgan fingerprint density at radius 3 is 2.55 bits per heavy atom. The summed E-state index contributed by atoms with van der Waals surface area (Å²) in [5, 5.41) is 51.2. The van der Waals surface area contributed by atoms with Gasteiger partial charge in [-0.05, 0) is 34.9 Å². The van der Waals surface area contributed by atoms with E-state index in [0.717, 1.165) is 9.88 Å². The van der Waals surface area contributed by atoms with Crippen molar-refractivity contribution < 1.29 is 34.7 Å². The Morgan fingerprint density at radius 2 is 1.87 bits per heavy atom. The van der Waals surface area contributed by atoms with Crippen LogP contribution in [0, 0.1) is 0 Å². The molecule has 10 heteroatoms. The van der Waals surface area contributed by atoms with Crippen LogP contribution >= 0.6 is 22.9 Å². The summed E-state index contributed by atoms with van der Waals surface area (Å²) < 4.78 is 11.1. The van der Waals surface area contributed by atoms with Gasteiger partial charge in [0.1, 0.15) is 36.3 Å². The van der Waals surface area contributed by atoms with Crippen molar-refractivity contribution in [2.24, 2.45) is 0 Å². The molecule has 31 heavy (non-hydrogen) atoms. The van der Waals surface area contributed by atoms with Crippen LogP contribution in [-0.2, 0) is 17.8 Å². The first-order valence-electron chi connectivity index (χ1n) is 9.64. The summed E-state index contributed by atoms with van der Waals surface area (Å²) in [6, 6.07) is 6.91. The molecule has 0 amide bonds. The molecule has 1 aliphatic rings. The molecule has 0 unspecified atom stereocenters. The van der Waals surface area contributed by atoms with Crippen molar-refractivity contribution in [3.63, 3.8) is 0 Å². The molecule has 0 bridgehead atoms. The summed E-state index contributed by atoms with van der Waals surface area (Å²) in [4.78, 5) is 5.29. The van der Waals surface area contributed by atoms with Gasteiger partial charge in [-0.2, -0.15) is 0 Å². The number of aliphatic hydroxyl groups is 5. The van der Waals surface area contributed by atoms with Gasteiger partial charge < -0.3 is 34.7 Å². The molecular formula is C21H22ClNO7S. The summed E-state index contributed by atoms with van der Waals surface area (Å²) in [6.07, 6.45) is -2.86. The maximum Gasteiger partial charge on any atom is 0.145 e. The molecule has 5 N–H and O–H groups in total. The molecule has 3 heterocycles. The lowest BCUT2D eigenvalue weighted by molar-refractivity contribution is -0.232. The number of ether oxygens (including phenoxy) is 1. The molecule has 1 aliphatic heterocycles. The van der Waals surface area contributed by atoms with Crippen LogP contribution in [0.2, 0.25) is 5.02 Å². The van der Waals surface area contributed by atoms with E-state index in [1.165, 1.54) is 11.3 Å². The number of aromatic nitrogens is 1. The van der Waals surface area contributed by atoms with Gasteiger partial charge in [0, 0.05) is 17.6 Å². The molecule has 0 aliphatic carbocycles. The van der Waals surface area contributed by atoms with E-state index in [1.54, 1.807) is 30.7 Å². The first-order chi connectivity index (χ1) is 14.9. The van der Waals surface area contributed by atoms with Gasteiger partial charge in [0.2, 0.25) is 0 Å². The van der Waals surface area contributed by atoms with Crippen LogP contribution in [0.15, 0.2) is 41.1 Å².